The van der Waals surface area contributed by atoms with Crippen LogP contribution in [-0.4, -0.2) is 21.8 Å². The third kappa shape index (κ3) is 22.9. The topological polar surface area (TPSA) is 23.1 Å². The Bertz CT molecular complexity index is 78.4. The van der Waals surface area contributed by atoms with Gasteiger partial charge in [0.15, 0.2) is 0 Å². The van der Waals surface area contributed by atoms with E-state index >= 15 is 0 Å². The van der Waals surface area contributed by atoms with E-state index in [0.717, 1.165) is 15.2 Å². The number of rotatable bonds is 7. The molecule has 0 aliphatic heterocycles. The van der Waals surface area contributed by atoms with Gasteiger partial charge in [0.25, 0.3) is 0 Å². The second kappa shape index (κ2) is 15.9. The van der Waals surface area contributed by atoms with Crippen LogP contribution in [0, 0.1) is 5.92 Å². The van der Waals surface area contributed by atoms with E-state index < -0.39 is 0 Å². The quantitative estimate of drug-likeness (QED) is 0.471. The molecule has 0 amide bonds. The first-order chi connectivity index (χ1) is 6.68. The average Bonchev–Trinajstić information content (AvgIpc) is 2.19. The Morgan fingerprint density at radius 2 is 1.36 bits per heavy atom. The van der Waals surface area contributed by atoms with Crippen molar-refractivity contribution in [1.82, 2.24) is 0 Å². The predicted molar refractivity (Wildman–Crippen MR) is 64.9 cm³/mol. The molecule has 0 aliphatic carbocycles. The van der Waals surface area contributed by atoms with Crippen molar-refractivity contribution < 1.29 is 5.11 Å². The van der Waals surface area contributed by atoms with Crippen molar-refractivity contribution in [2.45, 2.75) is 63.9 Å². The second-order valence-corrected chi connectivity index (χ2v) is 5.87. The van der Waals surface area contributed by atoms with Gasteiger partial charge in [-0.05, 0) is 0 Å². The standard InChI is InChI=1S/C4H9O.2C4H9.Al/c1-4(2)3-5;2*1-3-4-2;/h4H,3H2,1-2H3;2*1,3-4H2,2H3;/q-1;;;+1. The summed E-state index contributed by atoms with van der Waals surface area (Å²) in [6.07, 6.45) is 5.72. The molecule has 0 aromatic rings. The molecule has 14 heavy (non-hydrogen) atoms. The van der Waals surface area contributed by atoms with Crippen molar-refractivity contribution in [3.8, 4) is 0 Å². The van der Waals surface area contributed by atoms with E-state index in [1.54, 1.807) is 0 Å². The van der Waals surface area contributed by atoms with E-state index in [1.165, 1.54) is 36.2 Å². The normalized spacial score (nSPS) is 9.29. The summed E-state index contributed by atoms with van der Waals surface area (Å²) in [5, 5.41) is 12.7. The SMILES string of the molecule is CC(C)C[O-].CCC[CH2][Al+][CH2]CCC. The molecule has 0 heterocycles. The first-order valence-corrected chi connectivity index (χ1v) is 7.72. The van der Waals surface area contributed by atoms with E-state index in [1.807, 2.05) is 13.8 Å². The van der Waals surface area contributed by atoms with Crippen molar-refractivity contribution >= 4 is 15.2 Å². The van der Waals surface area contributed by atoms with Gasteiger partial charge in [-0.2, -0.15) is 0 Å². The summed E-state index contributed by atoms with van der Waals surface area (Å²) in [6.45, 7) is 8.43. The van der Waals surface area contributed by atoms with Gasteiger partial charge in [0, 0.05) is 0 Å². The Balaban J connectivity index is 0. The molecule has 0 radical (unpaired) electrons. The first kappa shape index (κ1) is 16.9. The average molecular weight is 214 g/mol. The van der Waals surface area contributed by atoms with E-state index in [2.05, 4.69) is 13.8 Å². The Morgan fingerprint density at radius 1 is 1.00 bits per heavy atom. The third-order valence-corrected chi connectivity index (χ3v) is 3.49. The van der Waals surface area contributed by atoms with Crippen LogP contribution >= 0.6 is 0 Å². The van der Waals surface area contributed by atoms with E-state index in [9.17, 15) is 5.11 Å². The van der Waals surface area contributed by atoms with E-state index in [0.29, 0.717) is 5.92 Å². The zero-order valence-electron chi connectivity index (χ0n) is 10.5. The molecule has 1 nitrogen and oxygen atoms in total. The molecule has 0 saturated heterocycles. The Labute approximate surface area is 97.0 Å². The van der Waals surface area contributed by atoms with E-state index in [4.69, 9.17) is 0 Å². The van der Waals surface area contributed by atoms with Crippen LogP contribution in [0.2, 0.25) is 10.6 Å². The number of hydrogen-bond acceptors (Lipinski definition) is 1. The molecular weight excluding hydrogens is 187 g/mol. The molecule has 0 atom stereocenters. The molecule has 84 valence electrons. The van der Waals surface area contributed by atoms with Gasteiger partial charge in [-0.3, -0.25) is 0 Å². The zero-order chi connectivity index (χ0) is 11.2. The van der Waals surface area contributed by atoms with Crippen molar-refractivity contribution in [2.24, 2.45) is 5.92 Å². The molecule has 2 heteroatoms. The molecule has 0 aromatic carbocycles. The van der Waals surface area contributed by atoms with Crippen molar-refractivity contribution in [1.29, 1.82) is 0 Å². The summed E-state index contributed by atoms with van der Waals surface area (Å²) in [5.74, 6) is 0.329. The van der Waals surface area contributed by atoms with Crippen LogP contribution in [0.25, 0.3) is 0 Å². The summed E-state index contributed by atoms with van der Waals surface area (Å²) in [4.78, 5) is 0. The van der Waals surface area contributed by atoms with Crippen LogP contribution in [0.3, 0.4) is 0 Å². The minimum absolute atomic E-state index is 0.0556. The Hall–Kier alpha value is 0.492. The Kier molecular flexibility index (Phi) is 19.3. The molecule has 0 rings (SSSR count). The van der Waals surface area contributed by atoms with Gasteiger partial charge in [-0.15, -0.1) is 6.61 Å². The fourth-order valence-electron chi connectivity index (χ4n) is 0.841. The van der Waals surface area contributed by atoms with Gasteiger partial charge in [0.05, 0.1) is 0 Å². The summed E-state index contributed by atoms with van der Waals surface area (Å²) in [7, 11) is 0. The van der Waals surface area contributed by atoms with Crippen LogP contribution in [-0.2, 0) is 0 Å². The molecule has 0 N–H and O–H groups in total. The van der Waals surface area contributed by atoms with Crippen LogP contribution in [0.15, 0.2) is 0 Å². The van der Waals surface area contributed by atoms with Crippen molar-refractivity contribution in [2.75, 3.05) is 6.61 Å². The Morgan fingerprint density at radius 3 is 1.57 bits per heavy atom. The molecule has 0 unspecified atom stereocenters. The van der Waals surface area contributed by atoms with E-state index in [-0.39, 0.29) is 6.61 Å². The van der Waals surface area contributed by atoms with Crippen LogP contribution in [0.1, 0.15) is 53.4 Å². The van der Waals surface area contributed by atoms with Crippen molar-refractivity contribution in [3.05, 3.63) is 0 Å². The third-order valence-electron chi connectivity index (χ3n) is 1.86. The van der Waals surface area contributed by atoms with Crippen LogP contribution in [0.5, 0.6) is 0 Å². The minimum atomic E-state index is 0.0556. The van der Waals surface area contributed by atoms with Gasteiger partial charge < -0.3 is 5.11 Å². The molecule has 0 fully saturated rings. The molecule has 0 spiro atoms. The molecule has 0 saturated carbocycles. The van der Waals surface area contributed by atoms with Gasteiger partial charge in [0.1, 0.15) is 0 Å². The maximum atomic E-state index is 9.63. The monoisotopic (exact) mass is 214 g/mol. The number of unbranched alkanes of at least 4 members (excludes halogenated alkanes) is 2. The molecular formula is C12H27AlO. The molecule has 0 aliphatic rings. The summed E-state index contributed by atoms with van der Waals surface area (Å²) in [5.41, 5.74) is 0. The van der Waals surface area contributed by atoms with Crippen LogP contribution in [0.4, 0.5) is 0 Å². The fraction of sp³-hybridized carbons (Fsp3) is 1.00. The summed E-state index contributed by atoms with van der Waals surface area (Å²) in [6, 6.07) is 0. The summed E-state index contributed by atoms with van der Waals surface area (Å²) < 4.78 is 0. The van der Waals surface area contributed by atoms with Gasteiger partial charge in [-0.25, -0.2) is 0 Å². The number of hydrogen-bond donors (Lipinski definition) is 0. The fourth-order valence-corrected chi connectivity index (χ4v) is 2.52. The van der Waals surface area contributed by atoms with Gasteiger partial charge in [-0.1, -0.05) is 19.8 Å². The molecule has 0 aromatic heterocycles. The van der Waals surface area contributed by atoms with Gasteiger partial charge >= 0.3 is 65.3 Å². The van der Waals surface area contributed by atoms with Crippen molar-refractivity contribution in [3.63, 3.8) is 0 Å². The second-order valence-electron chi connectivity index (χ2n) is 4.13. The first-order valence-electron chi connectivity index (χ1n) is 6.08. The molecule has 0 bridgehead atoms. The van der Waals surface area contributed by atoms with Crippen LogP contribution < -0.4 is 5.11 Å². The predicted octanol–water partition coefficient (Wildman–Crippen LogP) is 3.13. The summed E-state index contributed by atoms with van der Waals surface area (Å²) >= 11 is 0.818. The maximum absolute atomic E-state index is 9.63. The van der Waals surface area contributed by atoms with Gasteiger partial charge in [0.2, 0.25) is 0 Å². The zero-order valence-corrected chi connectivity index (χ0v) is 11.7.